The van der Waals surface area contributed by atoms with Gasteiger partial charge in [-0.2, -0.15) is 0 Å². The Kier molecular flexibility index (Phi) is 2.71. The molecule has 1 saturated heterocycles. The molecule has 1 atom stereocenters. The van der Waals surface area contributed by atoms with Crippen LogP contribution in [0.1, 0.15) is 13.3 Å². The first-order valence-electron chi connectivity index (χ1n) is 4.51. The van der Waals surface area contributed by atoms with E-state index in [2.05, 4.69) is 27.8 Å². The summed E-state index contributed by atoms with van der Waals surface area (Å²) in [5.41, 5.74) is 0.909. The van der Waals surface area contributed by atoms with E-state index >= 15 is 0 Å². The van der Waals surface area contributed by atoms with Crippen molar-refractivity contribution in [1.82, 2.24) is 0 Å². The van der Waals surface area contributed by atoms with E-state index in [0.717, 1.165) is 16.7 Å². The fraction of sp³-hybridized carbons (Fsp3) is 0.400. The molecule has 0 bridgehead atoms. The van der Waals surface area contributed by atoms with Gasteiger partial charge in [-0.25, -0.2) is 4.39 Å². The predicted octanol–water partition coefficient (Wildman–Crippen LogP) is 3.84. The van der Waals surface area contributed by atoms with E-state index in [1.54, 1.807) is 0 Å². The molecule has 0 N–H and O–H groups in total. The Morgan fingerprint density at radius 2 is 2.29 bits per heavy atom. The summed E-state index contributed by atoms with van der Waals surface area (Å²) in [6, 6.07) is 3.30. The van der Waals surface area contributed by atoms with Crippen LogP contribution in [0.2, 0.25) is 5.02 Å². The van der Waals surface area contributed by atoms with Gasteiger partial charge < -0.3 is 4.90 Å². The molecule has 1 aromatic rings. The van der Waals surface area contributed by atoms with Crippen LogP contribution in [0, 0.1) is 5.82 Å². The normalized spacial score (nSPS) is 20.9. The third-order valence-corrected chi connectivity index (χ3v) is 3.48. The van der Waals surface area contributed by atoms with E-state index in [9.17, 15) is 4.39 Å². The Morgan fingerprint density at radius 3 is 2.71 bits per heavy atom. The molecule has 1 fully saturated rings. The number of rotatable bonds is 1. The first-order valence-corrected chi connectivity index (χ1v) is 5.68. The second-order valence-corrected chi connectivity index (χ2v) is 4.81. The van der Waals surface area contributed by atoms with E-state index in [-0.39, 0.29) is 5.82 Å². The zero-order valence-corrected chi connectivity index (χ0v) is 10.1. The number of benzene rings is 1. The summed E-state index contributed by atoms with van der Waals surface area (Å²) >= 11 is 9.33. The molecular weight excluding hydrogens is 268 g/mol. The molecule has 0 spiro atoms. The predicted molar refractivity (Wildman–Crippen MR) is 60.5 cm³/mol. The quantitative estimate of drug-likeness (QED) is 0.754. The molecule has 1 unspecified atom stereocenters. The largest absolute Gasteiger partial charge is 0.367 e. The van der Waals surface area contributed by atoms with E-state index in [0.29, 0.717) is 11.1 Å². The van der Waals surface area contributed by atoms with Crippen LogP contribution in [-0.2, 0) is 0 Å². The summed E-state index contributed by atoms with van der Waals surface area (Å²) in [5.74, 6) is -0.307. The van der Waals surface area contributed by atoms with Gasteiger partial charge in [0.15, 0.2) is 0 Å². The second-order valence-electron chi connectivity index (χ2n) is 3.55. The lowest BCUT2D eigenvalue weighted by Gasteiger charge is -2.41. The van der Waals surface area contributed by atoms with Crippen LogP contribution in [-0.4, -0.2) is 12.6 Å². The minimum atomic E-state index is -0.307. The average Bonchev–Trinajstić information content (AvgIpc) is 2.08. The Hall–Kier alpha value is -0.280. The van der Waals surface area contributed by atoms with Gasteiger partial charge >= 0.3 is 0 Å². The number of halogens is 3. The number of hydrogen-bond donors (Lipinski definition) is 0. The lowest BCUT2D eigenvalue weighted by atomic mass is 10.0. The average molecular weight is 279 g/mol. The van der Waals surface area contributed by atoms with Crippen LogP contribution in [0.4, 0.5) is 10.1 Å². The highest BCUT2D eigenvalue weighted by molar-refractivity contribution is 9.10. The highest BCUT2D eigenvalue weighted by atomic mass is 79.9. The molecule has 1 nitrogen and oxygen atoms in total. The number of anilines is 1. The summed E-state index contributed by atoms with van der Waals surface area (Å²) in [6.07, 6.45) is 1.17. The van der Waals surface area contributed by atoms with Crippen molar-refractivity contribution in [2.45, 2.75) is 19.4 Å². The van der Waals surface area contributed by atoms with Crippen LogP contribution in [0.15, 0.2) is 16.6 Å². The molecule has 1 aliphatic rings. The fourth-order valence-electron chi connectivity index (χ4n) is 1.66. The third-order valence-electron chi connectivity index (χ3n) is 2.59. The first-order chi connectivity index (χ1) is 6.59. The molecule has 1 aromatic carbocycles. The maximum absolute atomic E-state index is 13.0. The van der Waals surface area contributed by atoms with Crippen molar-refractivity contribution in [2.75, 3.05) is 11.4 Å². The van der Waals surface area contributed by atoms with Crippen LogP contribution in [0.3, 0.4) is 0 Å². The molecule has 1 heterocycles. The zero-order valence-electron chi connectivity index (χ0n) is 7.73. The third kappa shape index (κ3) is 1.63. The smallest absolute Gasteiger partial charge is 0.125 e. The van der Waals surface area contributed by atoms with Crippen molar-refractivity contribution in [1.29, 1.82) is 0 Å². The Morgan fingerprint density at radius 1 is 1.57 bits per heavy atom. The van der Waals surface area contributed by atoms with Gasteiger partial charge in [0, 0.05) is 17.1 Å². The zero-order chi connectivity index (χ0) is 10.3. The summed E-state index contributed by atoms with van der Waals surface area (Å²) in [7, 11) is 0. The lowest BCUT2D eigenvalue weighted by Crippen LogP contribution is -2.46. The van der Waals surface area contributed by atoms with Gasteiger partial charge in [0.25, 0.3) is 0 Å². The maximum Gasteiger partial charge on any atom is 0.125 e. The molecule has 1 aliphatic heterocycles. The SMILES string of the molecule is CC1CCN1c1c(Cl)cc(F)cc1Br. The summed E-state index contributed by atoms with van der Waals surface area (Å²) in [6.45, 7) is 3.13. The molecule has 76 valence electrons. The van der Waals surface area contributed by atoms with Crippen LogP contribution >= 0.6 is 27.5 Å². The monoisotopic (exact) mass is 277 g/mol. The highest BCUT2D eigenvalue weighted by Gasteiger charge is 2.27. The van der Waals surface area contributed by atoms with Crippen molar-refractivity contribution < 1.29 is 4.39 Å². The summed E-state index contributed by atoms with van der Waals surface area (Å²) < 4.78 is 13.7. The van der Waals surface area contributed by atoms with Crippen molar-refractivity contribution >= 4 is 33.2 Å². The molecule has 0 aromatic heterocycles. The van der Waals surface area contributed by atoms with E-state index in [1.807, 2.05) is 0 Å². The molecule has 4 heteroatoms. The van der Waals surface area contributed by atoms with E-state index in [1.165, 1.54) is 18.6 Å². The molecule has 0 aliphatic carbocycles. The Labute approximate surface area is 96.0 Å². The van der Waals surface area contributed by atoms with Gasteiger partial charge in [-0.1, -0.05) is 11.6 Å². The molecule has 2 rings (SSSR count). The molecule has 0 radical (unpaired) electrons. The first kappa shape index (κ1) is 10.2. The minimum Gasteiger partial charge on any atom is -0.367 e. The lowest BCUT2D eigenvalue weighted by molar-refractivity contribution is 0.480. The van der Waals surface area contributed by atoms with Crippen molar-refractivity contribution in [2.24, 2.45) is 0 Å². The van der Waals surface area contributed by atoms with Crippen LogP contribution < -0.4 is 4.90 Å². The summed E-state index contributed by atoms with van der Waals surface area (Å²) in [4.78, 5) is 2.17. The van der Waals surface area contributed by atoms with Crippen molar-refractivity contribution in [3.8, 4) is 0 Å². The van der Waals surface area contributed by atoms with Gasteiger partial charge in [-0.3, -0.25) is 0 Å². The molecule has 0 saturated carbocycles. The topological polar surface area (TPSA) is 3.24 Å². The van der Waals surface area contributed by atoms with E-state index in [4.69, 9.17) is 11.6 Å². The van der Waals surface area contributed by atoms with Crippen molar-refractivity contribution in [3.63, 3.8) is 0 Å². The standard InChI is InChI=1S/C10H10BrClFN/c1-6-2-3-14(6)10-8(11)4-7(13)5-9(10)12/h4-6H,2-3H2,1H3. The van der Waals surface area contributed by atoms with E-state index < -0.39 is 0 Å². The highest BCUT2D eigenvalue weighted by Crippen LogP contribution is 2.39. The maximum atomic E-state index is 13.0. The van der Waals surface area contributed by atoms with Gasteiger partial charge in [0.05, 0.1) is 10.7 Å². The fourth-order valence-corrected chi connectivity index (χ4v) is 2.75. The molecular formula is C10H10BrClFN. The van der Waals surface area contributed by atoms with Crippen LogP contribution in [0.25, 0.3) is 0 Å². The van der Waals surface area contributed by atoms with Gasteiger partial charge in [0.2, 0.25) is 0 Å². The number of nitrogens with zero attached hydrogens (tertiary/aromatic N) is 1. The summed E-state index contributed by atoms with van der Waals surface area (Å²) in [5, 5.41) is 0.475. The minimum absolute atomic E-state index is 0.307. The van der Waals surface area contributed by atoms with Crippen LogP contribution in [0.5, 0.6) is 0 Å². The van der Waals surface area contributed by atoms with Gasteiger partial charge in [-0.05, 0) is 41.4 Å². The van der Waals surface area contributed by atoms with Crippen molar-refractivity contribution in [3.05, 3.63) is 27.4 Å². The van der Waals surface area contributed by atoms with Gasteiger partial charge in [0.1, 0.15) is 5.82 Å². The second kappa shape index (κ2) is 3.70. The Balaban J connectivity index is 2.42. The van der Waals surface area contributed by atoms with Gasteiger partial charge in [-0.15, -0.1) is 0 Å². The Bertz CT molecular complexity index is 346. The molecule has 14 heavy (non-hydrogen) atoms. The number of hydrogen-bond acceptors (Lipinski definition) is 1. The molecule has 0 amide bonds.